The molecule has 0 saturated heterocycles. The van der Waals surface area contributed by atoms with Gasteiger partial charge in [0.05, 0.1) is 0 Å². The van der Waals surface area contributed by atoms with Gasteiger partial charge < -0.3 is 16.0 Å². The number of fused-ring (bicyclic) bond motifs is 1. The normalized spacial score (nSPS) is 12.4. The van der Waals surface area contributed by atoms with Gasteiger partial charge in [-0.05, 0) is 36.1 Å². The zero-order valence-electron chi connectivity index (χ0n) is 13.2. The molecule has 0 aliphatic heterocycles. The maximum absolute atomic E-state index is 11.7. The van der Waals surface area contributed by atoms with E-state index in [0.29, 0.717) is 6.54 Å². The minimum absolute atomic E-state index is 0.356. The highest BCUT2D eigenvalue weighted by molar-refractivity contribution is 5.84. The maximum atomic E-state index is 11.7. The molecular weight excluding hydrogens is 286 g/mol. The molecule has 118 valence electrons. The van der Waals surface area contributed by atoms with Crippen LogP contribution in [0.1, 0.15) is 22.7 Å². The van der Waals surface area contributed by atoms with Crippen molar-refractivity contribution in [2.24, 2.45) is 5.73 Å². The van der Waals surface area contributed by atoms with Gasteiger partial charge in [0.2, 0.25) is 5.91 Å². The lowest BCUT2D eigenvalue weighted by molar-refractivity contribution is -0.120. The number of aromatic amines is 1. The number of nitrogens with two attached hydrogens (primary N) is 1. The molecule has 3 aromatic rings. The van der Waals surface area contributed by atoms with E-state index < -0.39 is 6.04 Å². The van der Waals surface area contributed by atoms with Crippen molar-refractivity contribution in [3.8, 4) is 0 Å². The van der Waals surface area contributed by atoms with Crippen LogP contribution in [0, 0.1) is 6.92 Å². The van der Waals surface area contributed by atoms with Crippen LogP contribution in [0.4, 0.5) is 0 Å². The average molecular weight is 307 g/mol. The van der Waals surface area contributed by atoms with E-state index in [-0.39, 0.29) is 5.91 Å². The Balaban J connectivity index is 1.68. The van der Waals surface area contributed by atoms with E-state index in [9.17, 15) is 4.79 Å². The largest absolute Gasteiger partial charge is 0.368 e. The monoisotopic (exact) mass is 307 g/mol. The molecule has 0 aliphatic carbocycles. The number of hydrogen-bond acceptors (Lipinski definition) is 2. The Bertz CT molecular complexity index is 808. The van der Waals surface area contributed by atoms with E-state index in [0.717, 1.165) is 17.5 Å². The van der Waals surface area contributed by atoms with Crippen molar-refractivity contribution in [1.29, 1.82) is 0 Å². The third-order valence-corrected chi connectivity index (χ3v) is 4.08. The van der Waals surface area contributed by atoms with Crippen molar-refractivity contribution in [3.05, 3.63) is 71.4 Å². The molecule has 1 atom stereocenters. The van der Waals surface area contributed by atoms with E-state index in [1.807, 2.05) is 36.5 Å². The van der Waals surface area contributed by atoms with Gasteiger partial charge in [0.15, 0.2) is 0 Å². The van der Waals surface area contributed by atoms with Crippen molar-refractivity contribution in [2.75, 3.05) is 6.54 Å². The van der Waals surface area contributed by atoms with Gasteiger partial charge in [-0.2, -0.15) is 0 Å². The minimum Gasteiger partial charge on any atom is -0.368 e. The molecule has 1 aromatic heterocycles. The number of carbonyl (C=O) groups is 1. The zero-order valence-corrected chi connectivity index (χ0v) is 13.2. The Labute approximate surface area is 135 Å². The first kappa shape index (κ1) is 15.3. The van der Waals surface area contributed by atoms with Crippen LogP contribution in [-0.2, 0) is 11.2 Å². The van der Waals surface area contributed by atoms with Crippen LogP contribution in [0.25, 0.3) is 10.9 Å². The molecule has 1 amide bonds. The molecule has 0 fully saturated rings. The number of rotatable bonds is 6. The second kappa shape index (κ2) is 6.67. The Kier molecular flexibility index (Phi) is 4.44. The highest BCUT2D eigenvalue weighted by Gasteiger charge is 2.16. The summed E-state index contributed by atoms with van der Waals surface area (Å²) < 4.78 is 0. The molecular formula is C19H21N3O. The van der Waals surface area contributed by atoms with Gasteiger partial charge in [0, 0.05) is 23.6 Å². The smallest absolute Gasteiger partial charge is 0.239 e. The van der Waals surface area contributed by atoms with E-state index in [1.165, 1.54) is 16.5 Å². The van der Waals surface area contributed by atoms with Crippen LogP contribution < -0.4 is 11.1 Å². The number of amides is 1. The lowest BCUT2D eigenvalue weighted by atomic mass is 10.1. The number of benzene rings is 2. The number of aryl methyl sites for hydroxylation is 1. The van der Waals surface area contributed by atoms with Crippen molar-refractivity contribution < 1.29 is 4.79 Å². The van der Waals surface area contributed by atoms with Crippen LogP contribution in [0.3, 0.4) is 0 Å². The van der Waals surface area contributed by atoms with Gasteiger partial charge in [-0.1, -0.05) is 42.5 Å². The lowest BCUT2D eigenvalue weighted by Gasteiger charge is -2.15. The fourth-order valence-electron chi connectivity index (χ4n) is 2.89. The highest BCUT2D eigenvalue weighted by Crippen LogP contribution is 2.20. The van der Waals surface area contributed by atoms with Crippen LogP contribution in [0.2, 0.25) is 0 Å². The Hall–Kier alpha value is -2.59. The van der Waals surface area contributed by atoms with Gasteiger partial charge in [0.25, 0.3) is 0 Å². The molecule has 0 spiro atoms. The van der Waals surface area contributed by atoms with Crippen molar-refractivity contribution in [2.45, 2.75) is 19.4 Å². The van der Waals surface area contributed by atoms with Gasteiger partial charge >= 0.3 is 0 Å². The number of aromatic nitrogens is 1. The molecule has 0 aliphatic rings. The second-order valence-electron chi connectivity index (χ2n) is 5.81. The van der Waals surface area contributed by atoms with Crippen LogP contribution in [-0.4, -0.2) is 17.4 Å². The Morgan fingerprint density at radius 1 is 1.22 bits per heavy atom. The van der Waals surface area contributed by atoms with Crippen LogP contribution >= 0.6 is 0 Å². The topological polar surface area (TPSA) is 70.9 Å². The third-order valence-electron chi connectivity index (χ3n) is 4.08. The van der Waals surface area contributed by atoms with E-state index >= 15 is 0 Å². The molecule has 4 nitrogen and oxygen atoms in total. The summed E-state index contributed by atoms with van der Waals surface area (Å²) in [5.41, 5.74) is 10.1. The van der Waals surface area contributed by atoms with Gasteiger partial charge in [0.1, 0.15) is 6.04 Å². The summed E-state index contributed by atoms with van der Waals surface area (Å²) in [6.07, 6.45) is 2.87. The van der Waals surface area contributed by atoms with Gasteiger partial charge in [-0.25, -0.2) is 0 Å². The zero-order chi connectivity index (χ0) is 16.2. The maximum Gasteiger partial charge on any atom is 0.239 e. The molecule has 23 heavy (non-hydrogen) atoms. The SMILES string of the molecule is Cc1ccc2c(CCNC(C(N)=O)c3ccccc3)c[nH]c2c1. The van der Waals surface area contributed by atoms with Crippen LogP contribution in [0.15, 0.2) is 54.7 Å². The number of nitrogens with one attached hydrogen (secondary N) is 2. The molecule has 0 radical (unpaired) electrons. The molecule has 1 heterocycles. The Morgan fingerprint density at radius 2 is 2.00 bits per heavy atom. The van der Waals surface area contributed by atoms with Gasteiger partial charge in [-0.15, -0.1) is 0 Å². The van der Waals surface area contributed by atoms with Crippen LogP contribution in [0.5, 0.6) is 0 Å². The fourth-order valence-corrected chi connectivity index (χ4v) is 2.89. The predicted molar refractivity (Wildman–Crippen MR) is 93.1 cm³/mol. The molecule has 1 unspecified atom stereocenters. The first-order valence-electron chi connectivity index (χ1n) is 7.79. The number of hydrogen-bond donors (Lipinski definition) is 3. The summed E-state index contributed by atoms with van der Waals surface area (Å²) in [5, 5.41) is 4.49. The summed E-state index contributed by atoms with van der Waals surface area (Å²) in [5.74, 6) is -0.356. The third kappa shape index (κ3) is 3.43. The average Bonchev–Trinajstić information content (AvgIpc) is 2.94. The molecule has 2 aromatic carbocycles. The minimum atomic E-state index is -0.455. The summed E-state index contributed by atoms with van der Waals surface area (Å²) in [7, 11) is 0. The van der Waals surface area contributed by atoms with E-state index in [1.54, 1.807) is 0 Å². The number of H-pyrrole nitrogens is 1. The van der Waals surface area contributed by atoms with Crippen molar-refractivity contribution in [3.63, 3.8) is 0 Å². The second-order valence-corrected chi connectivity index (χ2v) is 5.81. The predicted octanol–water partition coefficient (Wildman–Crippen LogP) is 2.84. The van der Waals surface area contributed by atoms with E-state index in [4.69, 9.17) is 5.73 Å². The highest BCUT2D eigenvalue weighted by atomic mass is 16.1. The molecule has 4 N–H and O–H groups in total. The van der Waals surface area contributed by atoms with Crippen molar-refractivity contribution >= 4 is 16.8 Å². The summed E-state index contributed by atoms with van der Waals surface area (Å²) in [4.78, 5) is 15.0. The quantitative estimate of drug-likeness (QED) is 0.655. The fraction of sp³-hybridized carbons (Fsp3) is 0.211. The first-order valence-corrected chi connectivity index (χ1v) is 7.79. The van der Waals surface area contributed by atoms with Gasteiger partial charge in [-0.3, -0.25) is 4.79 Å². The molecule has 3 rings (SSSR count). The molecule has 0 saturated carbocycles. The molecule has 0 bridgehead atoms. The molecule has 4 heteroatoms. The summed E-state index contributed by atoms with van der Waals surface area (Å²) >= 11 is 0. The van der Waals surface area contributed by atoms with Crippen molar-refractivity contribution in [1.82, 2.24) is 10.3 Å². The Morgan fingerprint density at radius 3 is 2.74 bits per heavy atom. The summed E-state index contributed by atoms with van der Waals surface area (Å²) in [6.45, 7) is 2.77. The summed E-state index contributed by atoms with van der Waals surface area (Å²) in [6, 6.07) is 15.5. The van der Waals surface area contributed by atoms with E-state index in [2.05, 4.69) is 35.4 Å². The lowest BCUT2D eigenvalue weighted by Crippen LogP contribution is -2.34. The number of primary amides is 1. The first-order chi connectivity index (χ1) is 11.1. The number of carbonyl (C=O) groups excluding carboxylic acids is 1. The standard InChI is InChI=1S/C19H21N3O/c1-13-7-8-16-15(12-22-17(16)11-13)9-10-21-18(19(20)23)14-5-3-2-4-6-14/h2-8,11-12,18,21-22H,9-10H2,1H3,(H2,20,23).